The number of carbonyl (C=O) groups is 2. The fraction of sp³-hybridized carbons (Fsp3) is 0.778. The first-order chi connectivity index (χ1) is 5.99. The largest absolute Gasteiger partial charge is 0.464 e. The van der Waals surface area contributed by atoms with E-state index in [-0.39, 0.29) is 30.1 Å². The van der Waals surface area contributed by atoms with Crippen LogP contribution in [0.5, 0.6) is 0 Å². The van der Waals surface area contributed by atoms with E-state index in [1.165, 1.54) is 0 Å². The van der Waals surface area contributed by atoms with E-state index < -0.39 is 0 Å². The van der Waals surface area contributed by atoms with E-state index >= 15 is 0 Å². The Morgan fingerprint density at radius 3 is 2.69 bits per heavy atom. The summed E-state index contributed by atoms with van der Waals surface area (Å²) in [4.78, 5) is 22.2. The maximum Gasteiger partial charge on any atom is 0.306 e. The van der Waals surface area contributed by atoms with Gasteiger partial charge in [0.05, 0.1) is 13.0 Å². The summed E-state index contributed by atoms with van der Waals surface area (Å²) in [5.41, 5.74) is -0.310. The predicted octanol–water partition coefficient (Wildman–Crippen LogP) is 0.261. The average molecular weight is 185 g/mol. The van der Waals surface area contributed by atoms with Crippen LogP contribution in [0.3, 0.4) is 0 Å². The molecule has 1 aliphatic heterocycles. The van der Waals surface area contributed by atoms with Crippen LogP contribution in [0.2, 0.25) is 0 Å². The van der Waals surface area contributed by atoms with Crippen LogP contribution in [0, 0.1) is 0 Å². The molecule has 0 bridgehead atoms. The number of nitrogens with one attached hydrogen (secondary N) is 1. The van der Waals surface area contributed by atoms with Gasteiger partial charge < -0.3 is 10.1 Å². The zero-order chi connectivity index (χ0) is 9.90. The standard InChI is InChI=1S/C9H15NO3/c1-9(2)6-13-8(12)4-3-7(11)5-10-9/h10H,3-6H2,1-2H3. The van der Waals surface area contributed by atoms with Gasteiger partial charge in [0.25, 0.3) is 0 Å². The lowest BCUT2D eigenvalue weighted by Gasteiger charge is -2.24. The van der Waals surface area contributed by atoms with Gasteiger partial charge in [0.15, 0.2) is 0 Å². The Labute approximate surface area is 77.6 Å². The lowest BCUT2D eigenvalue weighted by molar-refractivity contribution is -0.145. The molecule has 1 N–H and O–H groups in total. The van der Waals surface area contributed by atoms with E-state index in [1.54, 1.807) is 0 Å². The number of carbonyl (C=O) groups excluding carboxylic acids is 2. The van der Waals surface area contributed by atoms with Crippen molar-refractivity contribution in [1.82, 2.24) is 5.32 Å². The highest BCUT2D eigenvalue weighted by Crippen LogP contribution is 2.07. The monoisotopic (exact) mass is 185 g/mol. The van der Waals surface area contributed by atoms with Gasteiger partial charge in [0.1, 0.15) is 12.4 Å². The molecule has 0 saturated carbocycles. The third kappa shape index (κ3) is 3.55. The second-order valence-corrected chi connectivity index (χ2v) is 3.94. The van der Waals surface area contributed by atoms with Gasteiger partial charge in [-0.25, -0.2) is 0 Å². The smallest absolute Gasteiger partial charge is 0.306 e. The summed E-state index contributed by atoms with van der Waals surface area (Å²) >= 11 is 0. The van der Waals surface area contributed by atoms with Crippen LogP contribution in [0.15, 0.2) is 0 Å². The van der Waals surface area contributed by atoms with Gasteiger partial charge in [-0.15, -0.1) is 0 Å². The van der Waals surface area contributed by atoms with Gasteiger partial charge in [0.2, 0.25) is 0 Å². The third-order valence-electron chi connectivity index (χ3n) is 1.97. The van der Waals surface area contributed by atoms with Crippen LogP contribution < -0.4 is 5.32 Å². The Hall–Kier alpha value is -0.900. The Morgan fingerprint density at radius 1 is 1.31 bits per heavy atom. The molecule has 1 fully saturated rings. The zero-order valence-corrected chi connectivity index (χ0v) is 8.05. The SMILES string of the molecule is CC1(C)COC(=O)CCC(=O)CN1. The number of hydrogen-bond donors (Lipinski definition) is 1. The quantitative estimate of drug-likeness (QED) is 0.550. The molecular weight excluding hydrogens is 170 g/mol. The third-order valence-corrected chi connectivity index (χ3v) is 1.97. The van der Waals surface area contributed by atoms with Crippen LogP contribution >= 0.6 is 0 Å². The van der Waals surface area contributed by atoms with E-state index in [9.17, 15) is 9.59 Å². The van der Waals surface area contributed by atoms with Gasteiger partial charge in [-0.3, -0.25) is 9.59 Å². The Morgan fingerprint density at radius 2 is 2.00 bits per heavy atom. The van der Waals surface area contributed by atoms with Gasteiger partial charge in [-0.05, 0) is 13.8 Å². The molecule has 1 aliphatic rings. The molecule has 13 heavy (non-hydrogen) atoms. The summed E-state index contributed by atoms with van der Waals surface area (Å²) in [5.74, 6) is -0.225. The second-order valence-electron chi connectivity index (χ2n) is 3.94. The van der Waals surface area contributed by atoms with Crippen LogP contribution in [-0.2, 0) is 14.3 Å². The van der Waals surface area contributed by atoms with Crippen molar-refractivity contribution in [3.8, 4) is 0 Å². The number of rotatable bonds is 0. The van der Waals surface area contributed by atoms with Gasteiger partial charge >= 0.3 is 5.97 Å². The normalized spacial score (nSPS) is 24.2. The molecule has 4 nitrogen and oxygen atoms in total. The van der Waals surface area contributed by atoms with E-state index in [1.807, 2.05) is 13.8 Å². The van der Waals surface area contributed by atoms with Crippen LogP contribution in [0.25, 0.3) is 0 Å². The summed E-state index contributed by atoms with van der Waals surface area (Å²) in [6, 6.07) is 0. The molecule has 0 unspecified atom stereocenters. The predicted molar refractivity (Wildman–Crippen MR) is 47.3 cm³/mol. The lowest BCUT2D eigenvalue weighted by atomic mass is 10.1. The maximum absolute atomic E-state index is 11.2. The Bertz CT molecular complexity index is 201. The number of hydrogen-bond acceptors (Lipinski definition) is 4. The highest BCUT2D eigenvalue weighted by Gasteiger charge is 2.22. The minimum absolute atomic E-state index is 0.0620. The zero-order valence-electron chi connectivity index (χ0n) is 8.05. The number of cyclic esters (lactones) is 1. The summed E-state index contributed by atoms with van der Waals surface area (Å²) < 4.78 is 4.97. The molecule has 1 saturated heterocycles. The highest BCUT2D eigenvalue weighted by atomic mass is 16.5. The first kappa shape index (κ1) is 10.2. The van der Waals surface area contributed by atoms with E-state index in [0.29, 0.717) is 13.2 Å². The van der Waals surface area contributed by atoms with Crippen molar-refractivity contribution in [1.29, 1.82) is 0 Å². The van der Waals surface area contributed by atoms with Gasteiger partial charge in [0, 0.05) is 12.0 Å². The lowest BCUT2D eigenvalue weighted by Crippen LogP contribution is -2.45. The summed E-state index contributed by atoms with van der Waals surface area (Å²) in [5, 5.41) is 3.04. The fourth-order valence-electron chi connectivity index (χ4n) is 1.05. The van der Waals surface area contributed by atoms with Crippen molar-refractivity contribution < 1.29 is 14.3 Å². The molecule has 0 amide bonds. The fourth-order valence-corrected chi connectivity index (χ4v) is 1.05. The van der Waals surface area contributed by atoms with Crippen molar-refractivity contribution in [2.45, 2.75) is 32.2 Å². The summed E-state index contributed by atoms with van der Waals surface area (Å²) in [6.07, 6.45) is 0.485. The minimum Gasteiger partial charge on any atom is -0.464 e. The number of esters is 1. The Kier molecular flexibility index (Phi) is 3.03. The molecule has 1 heterocycles. The molecule has 74 valence electrons. The van der Waals surface area contributed by atoms with E-state index in [2.05, 4.69) is 5.32 Å². The van der Waals surface area contributed by atoms with Gasteiger partial charge in [-0.1, -0.05) is 0 Å². The first-order valence-corrected chi connectivity index (χ1v) is 4.42. The molecule has 0 aromatic rings. The molecule has 1 rings (SSSR count). The Balaban J connectivity index is 2.59. The van der Waals surface area contributed by atoms with Crippen molar-refractivity contribution in [3.05, 3.63) is 0 Å². The van der Waals surface area contributed by atoms with Crippen molar-refractivity contribution >= 4 is 11.8 Å². The average Bonchev–Trinajstić information content (AvgIpc) is 2.11. The molecule has 0 spiro atoms. The number of ketones is 1. The number of ether oxygens (including phenoxy) is 1. The number of Topliss-reactive ketones (excluding diaryl/α,β-unsaturated/α-hetero) is 1. The van der Waals surface area contributed by atoms with Crippen molar-refractivity contribution in [2.24, 2.45) is 0 Å². The molecule has 0 aliphatic carbocycles. The molecule has 0 atom stereocenters. The molecular formula is C9H15NO3. The van der Waals surface area contributed by atoms with Crippen molar-refractivity contribution in [2.75, 3.05) is 13.2 Å². The van der Waals surface area contributed by atoms with Crippen LogP contribution in [0.1, 0.15) is 26.7 Å². The summed E-state index contributed by atoms with van der Waals surface area (Å²) in [6.45, 7) is 4.44. The topological polar surface area (TPSA) is 55.4 Å². The van der Waals surface area contributed by atoms with Crippen LogP contribution in [-0.4, -0.2) is 30.4 Å². The summed E-state index contributed by atoms with van der Waals surface area (Å²) in [7, 11) is 0. The van der Waals surface area contributed by atoms with E-state index in [0.717, 1.165) is 0 Å². The maximum atomic E-state index is 11.2. The van der Waals surface area contributed by atoms with Gasteiger partial charge in [-0.2, -0.15) is 0 Å². The molecule has 0 aromatic heterocycles. The van der Waals surface area contributed by atoms with Crippen molar-refractivity contribution in [3.63, 3.8) is 0 Å². The minimum atomic E-state index is -0.310. The first-order valence-electron chi connectivity index (χ1n) is 4.42. The molecule has 0 radical (unpaired) electrons. The van der Waals surface area contributed by atoms with E-state index in [4.69, 9.17) is 4.74 Å². The van der Waals surface area contributed by atoms with Crippen LogP contribution in [0.4, 0.5) is 0 Å². The molecule has 0 aromatic carbocycles. The molecule has 4 heteroatoms. The highest BCUT2D eigenvalue weighted by molar-refractivity contribution is 5.84. The second kappa shape index (κ2) is 3.87.